The summed E-state index contributed by atoms with van der Waals surface area (Å²) in [5.41, 5.74) is 5.47. The molecule has 0 saturated heterocycles. The topological polar surface area (TPSA) is 111 Å². The van der Waals surface area contributed by atoms with Crippen molar-refractivity contribution >= 4 is 17.7 Å². The van der Waals surface area contributed by atoms with Crippen LogP contribution in [0.25, 0.3) is 0 Å². The second kappa shape index (κ2) is 7.88. The Morgan fingerprint density at radius 3 is 2.38 bits per heavy atom. The lowest BCUT2D eigenvalue weighted by molar-refractivity contribution is -0.129. The maximum absolute atomic E-state index is 11.6. The van der Waals surface area contributed by atoms with E-state index in [4.69, 9.17) is 10.5 Å². The van der Waals surface area contributed by atoms with Gasteiger partial charge in [-0.25, -0.2) is 0 Å². The van der Waals surface area contributed by atoms with Crippen LogP contribution in [0.5, 0.6) is 5.75 Å². The number of ether oxygens (including phenoxy) is 1. The molecule has 0 saturated carbocycles. The number of rotatable bonds is 7. The quantitative estimate of drug-likeness (QED) is 0.646. The van der Waals surface area contributed by atoms with Gasteiger partial charge in [-0.05, 0) is 38.1 Å². The zero-order valence-electron chi connectivity index (χ0n) is 12.0. The maximum Gasteiger partial charge on any atom is 0.258 e. The van der Waals surface area contributed by atoms with Gasteiger partial charge in [0, 0.05) is 12.1 Å². The second-order valence-corrected chi connectivity index (χ2v) is 4.36. The monoisotopic (exact) mass is 293 g/mol. The van der Waals surface area contributed by atoms with Gasteiger partial charge >= 0.3 is 0 Å². The van der Waals surface area contributed by atoms with E-state index in [0.717, 1.165) is 0 Å². The van der Waals surface area contributed by atoms with Gasteiger partial charge in [0.2, 0.25) is 11.8 Å². The molecule has 1 atom stereocenters. The highest BCUT2D eigenvalue weighted by Crippen LogP contribution is 2.11. The van der Waals surface area contributed by atoms with E-state index in [1.807, 2.05) is 0 Å². The molecule has 0 fully saturated rings. The van der Waals surface area contributed by atoms with Gasteiger partial charge in [0.25, 0.3) is 5.91 Å². The van der Waals surface area contributed by atoms with E-state index in [9.17, 15) is 14.4 Å². The van der Waals surface area contributed by atoms with Crippen molar-refractivity contribution < 1.29 is 19.1 Å². The van der Waals surface area contributed by atoms with Crippen LogP contribution in [0.3, 0.4) is 0 Å². The molecule has 7 heteroatoms. The number of nitrogens with two attached hydrogens (primary N) is 1. The molecule has 0 unspecified atom stereocenters. The Balaban J connectivity index is 2.42. The number of carbonyl (C=O) groups excluding carboxylic acids is 3. The molecule has 0 heterocycles. The van der Waals surface area contributed by atoms with E-state index in [0.29, 0.717) is 17.9 Å². The van der Waals surface area contributed by atoms with Gasteiger partial charge in [0.15, 0.2) is 6.61 Å². The number of nitrogens with one attached hydrogen (secondary N) is 2. The highest BCUT2D eigenvalue weighted by Gasteiger charge is 2.14. The van der Waals surface area contributed by atoms with Crippen molar-refractivity contribution in [1.82, 2.24) is 10.6 Å². The fourth-order valence-electron chi connectivity index (χ4n) is 1.54. The van der Waals surface area contributed by atoms with E-state index >= 15 is 0 Å². The molecule has 3 amide bonds. The molecule has 21 heavy (non-hydrogen) atoms. The Labute approximate surface area is 122 Å². The molecular weight excluding hydrogens is 274 g/mol. The third kappa shape index (κ3) is 5.52. The summed E-state index contributed by atoms with van der Waals surface area (Å²) in [4.78, 5) is 34.0. The van der Waals surface area contributed by atoms with Gasteiger partial charge in [-0.2, -0.15) is 0 Å². The number of hydrogen-bond acceptors (Lipinski definition) is 4. The van der Waals surface area contributed by atoms with Gasteiger partial charge in [-0.1, -0.05) is 0 Å². The molecule has 7 nitrogen and oxygen atoms in total. The minimum atomic E-state index is -0.627. The summed E-state index contributed by atoms with van der Waals surface area (Å²) < 4.78 is 5.25. The first-order chi connectivity index (χ1) is 9.93. The smallest absolute Gasteiger partial charge is 0.258 e. The molecule has 1 aromatic carbocycles. The standard InChI is InChI=1S/C14H19N3O4/c1-3-16-14(20)9(2)17-12(18)8-21-11-6-4-10(5-7-11)13(15)19/h4-7,9H,3,8H2,1-2H3,(H2,15,19)(H,16,20)(H,17,18)/t9-/m1/s1. The number of amides is 3. The molecule has 0 radical (unpaired) electrons. The van der Waals surface area contributed by atoms with Crippen molar-refractivity contribution in [2.75, 3.05) is 13.2 Å². The zero-order valence-corrected chi connectivity index (χ0v) is 12.0. The Hall–Kier alpha value is -2.57. The van der Waals surface area contributed by atoms with Crippen LogP contribution in [0.15, 0.2) is 24.3 Å². The van der Waals surface area contributed by atoms with Crippen LogP contribution in [0.4, 0.5) is 0 Å². The third-order valence-corrected chi connectivity index (χ3v) is 2.63. The zero-order chi connectivity index (χ0) is 15.8. The van der Waals surface area contributed by atoms with Gasteiger partial charge < -0.3 is 21.1 Å². The first-order valence-electron chi connectivity index (χ1n) is 6.53. The molecule has 0 spiro atoms. The van der Waals surface area contributed by atoms with Crippen LogP contribution in [-0.4, -0.2) is 36.9 Å². The molecule has 1 rings (SSSR count). The average Bonchev–Trinajstić information content (AvgIpc) is 2.45. The van der Waals surface area contributed by atoms with Crippen molar-refractivity contribution in [3.05, 3.63) is 29.8 Å². The van der Waals surface area contributed by atoms with Crippen LogP contribution in [0, 0.1) is 0 Å². The highest BCUT2D eigenvalue weighted by molar-refractivity contribution is 5.92. The Kier molecular flexibility index (Phi) is 6.19. The van der Waals surface area contributed by atoms with Crippen LogP contribution in [0.1, 0.15) is 24.2 Å². The summed E-state index contributed by atoms with van der Waals surface area (Å²) in [6.07, 6.45) is 0. The van der Waals surface area contributed by atoms with E-state index < -0.39 is 17.9 Å². The number of primary amides is 1. The van der Waals surface area contributed by atoms with Gasteiger partial charge in [-0.15, -0.1) is 0 Å². The van der Waals surface area contributed by atoms with E-state index in [-0.39, 0.29) is 12.5 Å². The largest absolute Gasteiger partial charge is 0.484 e. The van der Waals surface area contributed by atoms with Crippen molar-refractivity contribution in [1.29, 1.82) is 0 Å². The summed E-state index contributed by atoms with van der Waals surface area (Å²) in [7, 11) is 0. The summed E-state index contributed by atoms with van der Waals surface area (Å²) in [5.74, 6) is -0.764. The molecule has 0 aromatic heterocycles. The maximum atomic E-state index is 11.6. The Morgan fingerprint density at radius 1 is 1.24 bits per heavy atom. The van der Waals surface area contributed by atoms with Crippen molar-refractivity contribution in [2.24, 2.45) is 5.73 Å². The number of hydrogen-bond donors (Lipinski definition) is 3. The average molecular weight is 293 g/mol. The lowest BCUT2D eigenvalue weighted by atomic mass is 10.2. The van der Waals surface area contributed by atoms with E-state index in [1.54, 1.807) is 26.0 Å². The summed E-state index contributed by atoms with van der Waals surface area (Å²) in [5, 5.41) is 5.12. The molecule has 0 aliphatic carbocycles. The number of likely N-dealkylation sites (N-methyl/N-ethyl adjacent to an activating group) is 1. The second-order valence-electron chi connectivity index (χ2n) is 4.36. The number of carbonyl (C=O) groups is 3. The molecule has 0 aliphatic heterocycles. The van der Waals surface area contributed by atoms with Crippen LogP contribution in [-0.2, 0) is 9.59 Å². The minimum Gasteiger partial charge on any atom is -0.484 e. The Bertz CT molecular complexity index is 513. The lowest BCUT2D eigenvalue weighted by Gasteiger charge is -2.13. The van der Waals surface area contributed by atoms with E-state index in [2.05, 4.69) is 10.6 Å². The van der Waals surface area contributed by atoms with Gasteiger partial charge in [0.1, 0.15) is 11.8 Å². The molecule has 4 N–H and O–H groups in total. The fraction of sp³-hybridized carbons (Fsp3) is 0.357. The van der Waals surface area contributed by atoms with Gasteiger partial charge in [-0.3, -0.25) is 14.4 Å². The normalized spacial score (nSPS) is 11.3. The number of benzene rings is 1. The lowest BCUT2D eigenvalue weighted by Crippen LogP contribution is -2.46. The summed E-state index contributed by atoms with van der Waals surface area (Å²) >= 11 is 0. The van der Waals surface area contributed by atoms with Crippen molar-refractivity contribution in [2.45, 2.75) is 19.9 Å². The first kappa shape index (κ1) is 16.5. The molecule has 0 aliphatic rings. The van der Waals surface area contributed by atoms with Crippen LogP contribution < -0.4 is 21.1 Å². The predicted molar refractivity (Wildman–Crippen MR) is 76.7 cm³/mol. The summed E-state index contributed by atoms with van der Waals surface area (Å²) in [6, 6.07) is 5.47. The Morgan fingerprint density at radius 2 is 1.86 bits per heavy atom. The molecule has 114 valence electrons. The molecule has 1 aromatic rings. The fourth-order valence-corrected chi connectivity index (χ4v) is 1.54. The van der Waals surface area contributed by atoms with Crippen molar-refractivity contribution in [3.8, 4) is 5.75 Å². The highest BCUT2D eigenvalue weighted by atomic mass is 16.5. The third-order valence-electron chi connectivity index (χ3n) is 2.63. The van der Waals surface area contributed by atoms with Gasteiger partial charge in [0.05, 0.1) is 0 Å². The summed E-state index contributed by atoms with van der Waals surface area (Å²) in [6.45, 7) is 3.66. The SMILES string of the molecule is CCNC(=O)[C@@H](C)NC(=O)COc1ccc(C(N)=O)cc1. The first-order valence-corrected chi connectivity index (χ1v) is 6.53. The van der Waals surface area contributed by atoms with Crippen LogP contribution >= 0.6 is 0 Å². The molecular formula is C14H19N3O4. The van der Waals surface area contributed by atoms with E-state index in [1.165, 1.54) is 12.1 Å². The van der Waals surface area contributed by atoms with Crippen LogP contribution in [0.2, 0.25) is 0 Å². The minimum absolute atomic E-state index is 0.223. The van der Waals surface area contributed by atoms with Crippen molar-refractivity contribution in [3.63, 3.8) is 0 Å². The molecule has 0 bridgehead atoms. The predicted octanol–water partition coefficient (Wildman–Crippen LogP) is -0.195.